The topological polar surface area (TPSA) is 49.3 Å². The van der Waals surface area contributed by atoms with Crippen LogP contribution in [0, 0.1) is 12.3 Å². The minimum atomic E-state index is -0.233. The Hall–Kier alpha value is -1.06. The number of hydrogen-bond acceptors (Lipinski definition) is 2. The van der Waals surface area contributed by atoms with E-state index in [1.807, 2.05) is 26.8 Å². The lowest BCUT2D eigenvalue weighted by Gasteiger charge is -2.29. The van der Waals surface area contributed by atoms with Crippen molar-refractivity contribution in [3.05, 3.63) is 34.3 Å². The van der Waals surface area contributed by atoms with Crippen LogP contribution >= 0.6 is 11.6 Å². The fourth-order valence-electron chi connectivity index (χ4n) is 2.02. The van der Waals surface area contributed by atoms with Crippen molar-refractivity contribution in [3.8, 4) is 0 Å². The molecule has 106 valence electrons. The summed E-state index contributed by atoms with van der Waals surface area (Å²) < 4.78 is 0. The maximum absolute atomic E-state index is 12.1. The molecule has 0 saturated heterocycles. The lowest BCUT2D eigenvalue weighted by atomic mass is 9.83. The standard InChI is InChI=1S/C15H22ClNO2/c1-4-15(5-2,10-18)9-17-14(19)12-6-11(3)7-13(16)8-12/h6-8,18H,4-5,9-10H2,1-3H3,(H,17,19). The van der Waals surface area contributed by atoms with Gasteiger partial charge in [0.1, 0.15) is 0 Å². The predicted molar refractivity (Wildman–Crippen MR) is 78.6 cm³/mol. The van der Waals surface area contributed by atoms with Crippen molar-refractivity contribution in [2.75, 3.05) is 13.2 Å². The molecular weight excluding hydrogens is 262 g/mol. The van der Waals surface area contributed by atoms with E-state index < -0.39 is 0 Å². The van der Waals surface area contributed by atoms with Crippen LogP contribution in [0.1, 0.15) is 42.6 Å². The third-order valence-electron chi connectivity index (χ3n) is 3.76. The first-order valence-electron chi connectivity index (χ1n) is 6.62. The van der Waals surface area contributed by atoms with Crippen molar-refractivity contribution in [1.29, 1.82) is 0 Å². The number of aliphatic hydroxyl groups excluding tert-OH is 1. The van der Waals surface area contributed by atoms with Gasteiger partial charge in [0.2, 0.25) is 0 Å². The molecule has 0 spiro atoms. The molecule has 0 atom stereocenters. The van der Waals surface area contributed by atoms with E-state index in [9.17, 15) is 9.90 Å². The van der Waals surface area contributed by atoms with Gasteiger partial charge in [0.25, 0.3) is 5.91 Å². The maximum Gasteiger partial charge on any atom is 0.251 e. The largest absolute Gasteiger partial charge is 0.396 e. The summed E-state index contributed by atoms with van der Waals surface area (Å²) in [5.74, 6) is -0.148. The number of hydrogen-bond donors (Lipinski definition) is 2. The lowest BCUT2D eigenvalue weighted by Crippen LogP contribution is -2.39. The van der Waals surface area contributed by atoms with Gasteiger partial charge in [0, 0.05) is 22.5 Å². The normalized spacial score (nSPS) is 11.4. The highest BCUT2D eigenvalue weighted by Crippen LogP contribution is 2.24. The molecule has 0 radical (unpaired) electrons. The molecule has 2 N–H and O–H groups in total. The van der Waals surface area contributed by atoms with Gasteiger partial charge in [-0.25, -0.2) is 0 Å². The highest BCUT2D eigenvalue weighted by atomic mass is 35.5. The van der Waals surface area contributed by atoms with Crippen LogP contribution in [-0.4, -0.2) is 24.2 Å². The Balaban J connectivity index is 2.74. The number of rotatable bonds is 6. The third kappa shape index (κ3) is 4.22. The summed E-state index contributed by atoms with van der Waals surface area (Å²) >= 11 is 5.95. The molecular formula is C15H22ClNO2. The van der Waals surface area contributed by atoms with Crippen molar-refractivity contribution in [2.24, 2.45) is 5.41 Å². The van der Waals surface area contributed by atoms with Crippen molar-refractivity contribution in [2.45, 2.75) is 33.6 Å². The quantitative estimate of drug-likeness (QED) is 0.842. The number of aliphatic hydroxyl groups is 1. The van der Waals surface area contributed by atoms with E-state index in [0.717, 1.165) is 18.4 Å². The van der Waals surface area contributed by atoms with E-state index >= 15 is 0 Å². The van der Waals surface area contributed by atoms with Crippen LogP contribution in [0.3, 0.4) is 0 Å². The van der Waals surface area contributed by atoms with E-state index in [1.165, 1.54) is 0 Å². The average molecular weight is 284 g/mol. The SMILES string of the molecule is CCC(CC)(CO)CNC(=O)c1cc(C)cc(Cl)c1. The molecule has 19 heavy (non-hydrogen) atoms. The minimum absolute atomic E-state index is 0.0782. The molecule has 1 rings (SSSR count). The number of carbonyl (C=O) groups excluding carboxylic acids is 1. The number of benzene rings is 1. The Kier molecular flexibility index (Phi) is 5.83. The molecule has 4 heteroatoms. The van der Waals surface area contributed by atoms with Crippen molar-refractivity contribution < 1.29 is 9.90 Å². The highest BCUT2D eigenvalue weighted by molar-refractivity contribution is 6.31. The van der Waals surface area contributed by atoms with Gasteiger partial charge in [-0.15, -0.1) is 0 Å². The molecule has 0 aliphatic carbocycles. The zero-order valence-corrected chi connectivity index (χ0v) is 12.5. The maximum atomic E-state index is 12.1. The zero-order chi connectivity index (χ0) is 14.5. The van der Waals surface area contributed by atoms with Gasteiger partial charge in [-0.1, -0.05) is 25.4 Å². The second-order valence-corrected chi connectivity index (χ2v) is 5.50. The van der Waals surface area contributed by atoms with Gasteiger partial charge in [0.05, 0.1) is 6.61 Å². The molecule has 0 unspecified atom stereocenters. The summed E-state index contributed by atoms with van der Waals surface area (Å²) in [6, 6.07) is 5.27. The number of nitrogens with one attached hydrogen (secondary N) is 1. The van der Waals surface area contributed by atoms with Gasteiger partial charge in [-0.2, -0.15) is 0 Å². The van der Waals surface area contributed by atoms with Crippen LogP contribution in [0.15, 0.2) is 18.2 Å². The minimum Gasteiger partial charge on any atom is -0.396 e. The number of halogens is 1. The van der Waals surface area contributed by atoms with Crippen LogP contribution in [-0.2, 0) is 0 Å². The van der Waals surface area contributed by atoms with E-state index in [0.29, 0.717) is 17.1 Å². The smallest absolute Gasteiger partial charge is 0.251 e. The Labute approximate surface area is 120 Å². The summed E-state index contributed by atoms with van der Waals surface area (Å²) in [4.78, 5) is 12.1. The molecule has 0 aromatic heterocycles. The fraction of sp³-hybridized carbons (Fsp3) is 0.533. The Bertz CT molecular complexity index is 413. The Morgan fingerprint density at radius 2 is 1.95 bits per heavy atom. The predicted octanol–water partition coefficient (Wildman–Crippen LogP) is 3.18. The number of aryl methyl sites for hydroxylation is 1. The Morgan fingerprint density at radius 1 is 1.32 bits per heavy atom. The monoisotopic (exact) mass is 283 g/mol. The van der Waals surface area contributed by atoms with E-state index in [4.69, 9.17) is 11.6 Å². The van der Waals surface area contributed by atoms with Gasteiger partial charge in [-0.05, 0) is 43.5 Å². The van der Waals surface area contributed by atoms with Crippen LogP contribution in [0.5, 0.6) is 0 Å². The lowest BCUT2D eigenvalue weighted by molar-refractivity contribution is 0.0851. The fourth-order valence-corrected chi connectivity index (χ4v) is 2.31. The third-order valence-corrected chi connectivity index (χ3v) is 3.98. The van der Waals surface area contributed by atoms with Crippen molar-refractivity contribution >= 4 is 17.5 Å². The molecule has 3 nitrogen and oxygen atoms in total. The Morgan fingerprint density at radius 3 is 2.42 bits per heavy atom. The summed E-state index contributed by atoms with van der Waals surface area (Å²) in [5.41, 5.74) is 1.28. The zero-order valence-electron chi connectivity index (χ0n) is 11.8. The molecule has 1 amide bonds. The molecule has 1 aromatic carbocycles. The van der Waals surface area contributed by atoms with Gasteiger partial charge in [0.15, 0.2) is 0 Å². The van der Waals surface area contributed by atoms with Crippen LogP contribution in [0.25, 0.3) is 0 Å². The molecule has 0 saturated carbocycles. The second-order valence-electron chi connectivity index (χ2n) is 5.07. The second kappa shape index (κ2) is 6.92. The number of carbonyl (C=O) groups is 1. The van der Waals surface area contributed by atoms with Gasteiger partial charge < -0.3 is 10.4 Å². The molecule has 0 fully saturated rings. The number of amides is 1. The molecule has 0 aliphatic heterocycles. The molecule has 0 aliphatic rings. The van der Waals surface area contributed by atoms with Crippen LogP contribution < -0.4 is 5.32 Å². The average Bonchev–Trinajstić information content (AvgIpc) is 2.39. The van der Waals surface area contributed by atoms with E-state index in [-0.39, 0.29) is 17.9 Å². The highest BCUT2D eigenvalue weighted by Gasteiger charge is 2.25. The first-order valence-corrected chi connectivity index (χ1v) is 7.00. The van der Waals surface area contributed by atoms with Crippen molar-refractivity contribution in [1.82, 2.24) is 5.32 Å². The first kappa shape index (κ1) is 16.0. The summed E-state index contributed by atoms with van der Waals surface area (Å²) in [5, 5.41) is 12.9. The summed E-state index contributed by atoms with van der Waals surface area (Å²) in [6.07, 6.45) is 1.66. The van der Waals surface area contributed by atoms with E-state index in [2.05, 4.69) is 5.32 Å². The molecule has 0 heterocycles. The van der Waals surface area contributed by atoms with Crippen LogP contribution in [0.4, 0.5) is 0 Å². The molecule has 1 aromatic rings. The molecule has 0 bridgehead atoms. The van der Waals surface area contributed by atoms with E-state index in [1.54, 1.807) is 12.1 Å². The van der Waals surface area contributed by atoms with Crippen molar-refractivity contribution in [3.63, 3.8) is 0 Å². The summed E-state index contributed by atoms with van der Waals surface area (Å²) in [6.45, 7) is 6.50. The van der Waals surface area contributed by atoms with Gasteiger partial charge >= 0.3 is 0 Å². The first-order chi connectivity index (χ1) is 8.96. The van der Waals surface area contributed by atoms with Crippen LogP contribution in [0.2, 0.25) is 5.02 Å². The van der Waals surface area contributed by atoms with Gasteiger partial charge in [-0.3, -0.25) is 4.79 Å². The summed E-state index contributed by atoms with van der Waals surface area (Å²) in [7, 11) is 0.